The van der Waals surface area contributed by atoms with Crippen LogP contribution in [0.3, 0.4) is 0 Å². The molecule has 0 radical (unpaired) electrons. The number of hydrogen-bond donors (Lipinski definition) is 1. The third kappa shape index (κ3) is 6.05. The van der Waals surface area contributed by atoms with E-state index in [1.165, 1.54) is 12.1 Å². The zero-order valence-corrected chi connectivity index (χ0v) is 18.9. The van der Waals surface area contributed by atoms with Gasteiger partial charge in [-0.2, -0.15) is 18.2 Å². The first-order chi connectivity index (χ1) is 16.3. The second-order valence-corrected chi connectivity index (χ2v) is 8.45. The lowest BCUT2D eigenvalue weighted by Crippen LogP contribution is -2.55. The molecule has 2 aromatic rings. The Morgan fingerprint density at radius 1 is 1.09 bits per heavy atom. The molecule has 3 atom stereocenters. The summed E-state index contributed by atoms with van der Waals surface area (Å²) in [6, 6.07) is 5.29. The van der Waals surface area contributed by atoms with E-state index in [1.807, 2.05) is 9.80 Å². The third-order valence-electron chi connectivity index (χ3n) is 6.18. The van der Waals surface area contributed by atoms with E-state index < -0.39 is 18.1 Å². The van der Waals surface area contributed by atoms with Crippen molar-refractivity contribution in [3.8, 4) is 6.01 Å². The smallest absolute Gasteiger partial charge is 0.416 e. The van der Waals surface area contributed by atoms with Crippen LogP contribution in [-0.2, 0) is 15.7 Å². The molecule has 4 rings (SSSR count). The van der Waals surface area contributed by atoms with Gasteiger partial charge in [-0.25, -0.2) is 0 Å². The molecule has 9 nitrogen and oxygen atoms in total. The Labute approximate surface area is 195 Å². The lowest BCUT2D eigenvalue weighted by Gasteiger charge is -2.43. The Balaban J connectivity index is 1.53. The normalized spacial score (nSPS) is 23.7. The van der Waals surface area contributed by atoms with Gasteiger partial charge in [0.1, 0.15) is 6.61 Å². The number of alkyl halides is 3. The fourth-order valence-electron chi connectivity index (χ4n) is 4.39. The van der Waals surface area contributed by atoms with Crippen LogP contribution in [0.1, 0.15) is 35.3 Å². The van der Waals surface area contributed by atoms with Crippen molar-refractivity contribution in [2.45, 2.75) is 30.8 Å². The fraction of sp³-hybridized carbons (Fsp3) is 0.636. The number of halogens is 3. The summed E-state index contributed by atoms with van der Waals surface area (Å²) >= 11 is 0. The van der Waals surface area contributed by atoms with Gasteiger partial charge in [0, 0.05) is 33.3 Å². The molecule has 0 bridgehead atoms. The molecule has 1 N–H and O–H groups in total. The molecule has 188 valence electrons. The Morgan fingerprint density at radius 3 is 2.47 bits per heavy atom. The van der Waals surface area contributed by atoms with Crippen LogP contribution in [0, 0.1) is 0 Å². The summed E-state index contributed by atoms with van der Waals surface area (Å²) < 4.78 is 60.3. The zero-order chi connectivity index (χ0) is 24.1. The highest BCUT2D eigenvalue weighted by Gasteiger charge is 2.37. The van der Waals surface area contributed by atoms with E-state index in [9.17, 15) is 18.3 Å². The van der Waals surface area contributed by atoms with E-state index in [0.717, 1.165) is 17.7 Å². The molecule has 0 saturated carbocycles. The summed E-state index contributed by atoms with van der Waals surface area (Å²) in [7, 11) is 1.56. The number of morpholine rings is 1. The Hall–Kier alpha value is -2.25. The van der Waals surface area contributed by atoms with E-state index in [2.05, 4.69) is 10.1 Å². The predicted molar refractivity (Wildman–Crippen MR) is 113 cm³/mol. The van der Waals surface area contributed by atoms with E-state index in [1.54, 1.807) is 7.11 Å². The van der Waals surface area contributed by atoms with Gasteiger partial charge < -0.3 is 23.8 Å². The molecule has 0 aliphatic carbocycles. The lowest BCUT2D eigenvalue weighted by atomic mass is 9.84. The summed E-state index contributed by atoms with van der Waals surface area (Å²) in [5, 5.41) is 14.9. The molecule has 0 spiro atoms. The van der Waals surface area contributed by atoms with E-state index in [4.69, 9.17) is 18.7 Å². The van der Waals surface area contributed by atoms with E-state index in [0.29, 0.717) is 58.3 Å². The molecule has 1 aromatic carbocycles. The van der Waals surface area contributed by atoms with Crippen LogP contribution in [-0.4, -0.2) is 91.1 Å². The number of rotatable bonds is 8. The highest BCUT2D eigenvalue weighted by Crippen LogP contribution is 2.38. The molecule has 2 fully saturated rings. The molecule has 0 amide bonds. The fourth-order valence-corrected chi connectivity index (χ4v) is 4.39. The number of methoxy groups -OCH3 is 1. The monoisotopic (exact) mass is 486 g/mol. The number of aromatic nitrogens is 2. The second-order valence-electron chi connectivity index (χ2n) is 8.45. The number of hydrogen-bond acceptors (Lipinski definition) is 9. The van der Waals surface area contributed by atoms with Crippen LogP contribution in [0.4, 0.5) is 13.2 Å². The van der Waals surface area contributed by atoms with Crippen molar-refractivity contribution in [1.29, 1.82) is 0 Å². The summed E-state index contributed by atoms with van der Waals surface area (Å²) in [5.41, 5.74) is 0.0662. The molecule has 3 heterocycles. The predicted octanol–water partition coefficient (Wildman–Crippen LogP) is 2.29. The molecule has 2 aliphatic rings. The third-order valence-corrected chi connectivity index (χ3v) is 6.18. The van der Waals surface area contributed by atoms with Crippen molar-refractivity contribution >= 4 is 0 Å². The number of likely N-dealkylation sites (tertiary alicyclic amines) is 1. The van der Waals surface area contributed by atoms with Crippen LogP contribution >= 0.6 is 0 Å². The van der Waals surface area contributed by atoms with Gasteiger partial charge in [0.25, 0.3) is 0 Å². The molecular weight excluding hydrogens is 457 g/mol. The zero-order valence-electron chi connectivity index (χ0n) is 18.9. The topological polar surface area (TPSA) is 93.3 Å². The second kappa shape index (κ2) is 11.0. The Kier molecular flexibility index (Phi) is 8.04. The minimum absolute atomic E-state index is 0.101. The van der Waals surface area contributed by atoms with Crippen LogP contribution in [0.2, 0.25) is 0 Å². The van der Waals surface area contributed by atoms with Crippen molar-refractivity contribution in [1.82, 2.24) is 19.9 Å². The van der Waals surface area contributed by atoms with Crippen molar-refractivity contribution < 1.29 is 37.0 Å². The van der Waals surface area contributed by atoms with E-state index in [-0.39, 0.29) is 24.5 Å². The lowest BCUT2D eigenvalue weighted by molar-refractivity contribution is -0.148. The summed E-state index contributed by atoms with van der Waals surface area (Å²) in [6.45, 7) is 3.82. The Morgan fingerprint density at radius 2 is 1.79 bits per heavy atom. The van der Waals surface area contributed by atoms with Gasteiger partial charge in [-0.1, -0.05) is 12.1 Å². The van der Waals surface area contributed by atoms with Gasteiger partial charge in [-0.15, -0.1) is 0 Å². The molecule has 1 aromatic heterocycles. The average Bonchev–Trinajstić information content (AvgIpc) is 3.33. The van der Waals surface area contributed by atoms with Gasteiger partial charge in [-0.05, 0) is 35.2 Å². The van der Waals surface area contributed by atoms with Crippen LogP contribution in [0.5, 0.6) is 6.01 Å². The minimum Gasteiger partial charge on any atom is -0.459 e. The Bertz CT molecular complexity index is 905. The van der Waals surface area contributed by atoms with Gasteiger partial charge >= 0.3 is 12.2 Å². The average molecular weight is 486 g/mol. The first kappa shape index (κ1) is 24.9. The molecule has 3 unspecified atom stereocenters. The number of benzene rings is 1. The highest BCUT2D eigenvalue weighted by molar-refractivity contribution is 5.28. The summed E-state index contributed by atoms with van der Waals surface area (Å²) in [6.07, 6.45) is -4.67. The van der Waals surface area contributed by atoms with Gasteiger partial charge in [-0.3, -0.25) is 9.80 Å². The minimum atomic E-state index is -4.39. The van der Waals surface area contributed by atoms with E-state index >= 15 is 0 Å². The van der Waals surface area contributed by atoms with Crippen molar-refractivity contribution in [3.63, 3.8) is 0 Å². The quantitative estimate of drug-likeness (QED) is 0.564. The first-order valence-electron chi connectivity index (χ1n) is 11.2. The standard InChI is InChI=1S/C22H29F3N4O5/c1-31-10-11-33-20-26-19(34-27-20)17-12-16(15-2-4-18(5-3-15)22(23,24)25)13-29(14-17)21(30)28-6-8-32-9-7-28/h2-5,16-17,21,30H,6-14H2,1H3. The number of nitrogens with zero attached hydrogens (tertiary/aromatic N) is 4. The highest BCUT2D eigenvalue weighted by atomic mass is 19.4. The molecule has 12 heteroatoms. The largest absolute Gasteiger partial charge is 0.459 e. The van der Waals surface area contributed by atoms with Crippen LogP contribution < -0.4 is 4.74 Å². The summed E-state index contributed by atoms with van der Waals surface area (Å²) in [4.78, 5) is 8.16. The number of ether oxygens (including phenoxy) is 3. The van der Waals surface area contributed by atoms with Gasteiger partial charge in [0.05, 0.1) is 31.3 Å². The maximum absolute atomic E-state index is 13.0. The van der Waals surface area contributed by atoms with Crippen molar-refractivity contribution in [2.24, 2.45) is 0 Å². The number of aliphatic hydroxyl groups is 1. The number of aliphatic hydroxyl groups excluding tert-OH is 1. The van der Waals surface area contributed by atoms with Gasteiger partial charge in [0.15, 0.2) is 6.35 Å². The maximum Gasteiger partial charge on any atom is 0.416 e. The SMILES string of the molecule is COCCOc1noc(C2CC(c3ccc(C(F)(F)F)cc3)CN(C(O)N3CCOCC3)C2)n1. The molecule has 2 aliphatic heterocycles. The van der Waals surface area contributed by atoms with Gasteiger partial charge in [0.2, 0.25) is 5.89 Å². The maximum atomic E-state index is 13.0. The molecular formula is C22H29F3N4O5. The van der Waals surface area contributed by atoms with Crippen LogP contribution in [0.25, 0.3) is 0 Å². The number of piperidine rings is 1. The molecule has 34 heavy (non-hydrogen) atoms. The molecule has 2 saturated heterocycles. The van der Waals surface area contributed by atoms with Crippen LogP contribution in [0.15, 0.2) is 28.8 Å². The van der Waals surface area contributed by atoms with Crippen molar-refractivity contribution in [2.75, 3.05) is 59.7 Å². The van der Waals surface area contributed by atoms with Crippen molar-refractivity contribution in [3.05, 3.63) is 41.3 Å². The first-order valence-corrected chi connectivity index (χ1v) is 11.2. The summed E-state index contributed by atoms with van der Waals surface area (Å²) in [5.74, 6) is -0.00583.